The van der Waals surface area contributed by atoms with Crippen LogP contribution in [0.2, 0.25) is 0 Å². The number of hydrogen-bond donors (Lipinski definition) is 0. The Hall–Kier alpha value is -3.08. The molecule has 0 radical (unpaired) electrons. The smallest absolute Gasteiger partial charge is 0.273 e. The van der Waals surface area contributed by atoms with E-state index in [1.165, 1.54) is 11.3 Å². The molecule has 0 aliphatic carbocycles. The Morgan fingerprint density at radius 2 is 1.55 bits per heavy atom. The molecule has 2 aromatic heterocycles. The molecule has 0 amide bonds. The minimum absolute atomic E-state index is 0.102. The molecule has 144 valence electrons. The fourth-order valence-corrected chi connectivity index (χ4v) is 4.54. The first-order valence-electron chi connectivity index (χ1n) is 9.25. The van der Waals surface area contributed by atoms with Crippen molar-refractivity contribution < 1.29 is 0 Å². The van der Waals surface area contributed by atoms with Crippen molar-refractivity contribution in [3.63, 3.8) is 0 Å². The number of aromatic nitrogens is 3. The van der Waals surface area contributed by atoms with E-state index < -0.39 is 0 Å². The lowest BCUT2D eigenvalue weighted by Crippen LogP contribution is -2.26. The lowest BCUT2D eigenvalue weighted by atomic mass is 10.2. The van der Waals surface area contributed by atoms with Crippen LogP contribution in [0.25, 0.3) is 10.3 Å². The molecule has 4 rings (SSSR count). The Morgan fingerprint density at radius 1 is 0.966 bits per heavy atom. The summed E-state index contributed by atoms with van der Waals surface area (Å²) in [4.78, 5) is 18.1. The summed E-state index contributed by atoms with van der Waals surface area (Å²) in [5, 5.41) is 9.06. The van der Waals surface area contributed by atoms with Crippen molar-refractivity contribution in [2.24, 2.45) is 0 Å². The predicted octanol–water partition coefficient (Wildman–Crippen LogP) is 4.54. The highest BCUT2D eigenvalue weighted by Crippen LogP contribution is 2.21. The van der Waals surface area contributed by atoms with Gasteiger partial charge in [-0.2, -0.15) is 5.26 Å². The summed E-state index contributed by atoms with van der Waals surface area (Å²) in [6.45, 7) is 0.985. The van der Waals surface area contributed by atoms with Crippen molar-refractivity contribution in [3.05, 3.63) is 91.9 Å². The van der Waals surface area contributed by atoms with Gasteiger partial charge in [-0.25, -0.2) is 4.98 Å². The number of nitrogens with zero attached hydrogens (tertiary/aromatic N) is 4. The maximum absolute atomic E-state index is 13.3. The monoisotopic (exact) mass is 418 g/mol. The Morgan fingerprint density at radius 3 is 2.14 bits per heavy atom. The van der Waals surface area contributed by atoms with Gasteiger partial charge in [0.15, 0.2) is 9.60 Å². The van der Waals surface area contributed by atoms with Gasteiger partial charge < -0.3 is 4.57 Å². The second-order valence-electron chi connectivity index (χ2n) is 6.66. The third-order valence-corrected chi connectivity index (χ3v) is 6.11. The molecule has 0 fully saturated rings. The van der Waals surface area contributed by atoms with Gasteiger partial charge in [0.2, 0.25) is 0 Å². The number of thiazole rings is 1. The van der Waals surface area contributed by atoms with Crippen LogP contribution in [0.5, 0.6) is 0 Å². The van der Waals surface area contributed by atoms with Crippen LogP contribution in [0, 0.1) is 15.3 Å². The van der Waals surface area contributed by atoms with Gasteiger partial charge in [-0.05, 0) is 23.3 Å². The zero-order chi connectivity index (χ0) is 20.2. The van der Waals surface area contributed by atoms with Gasteiger partial charge in [0.25, 0.3) is 5.56 Å². The van der Waals surface area contributed by atoms with Crippen LogP contribution in [0.1, 0.15) is 23.4 Å². The molecule has 5 nitrogen and oxygen atoms in total. The quantitative estimate of drug-likeness (QED) is 0.431. The van der Waals surface area contributed by atoms with E-state index >= 15 is 0 Å². The zero-order valence-electron chi connectivity index (χ0n) is 15.6. The number of benzene rings is 2. The highest BCUT2D eigenvalue weighted by atomic mass is 32.1. The fraction of sp³-hybridized carbons (Fsp3) is 0.182. The lowest BCUT2D eigenvalue weighted by molar-refractivity contribution is 0.670. The molecule has 2 heterocycles. The minimum atomic E-state index is -0.102. The molecule has 29 heavy (non-hydrogen) atoms. The van der Waals surface area contributed by atoms with Crippen LogP contribution in [0.15, 0.2) is 65.5 Å². The van der Waals surface area contributed by atoms with Gasteiger partial charge in [-0.1, -0.05) is 72.0 Å². The van der Waals surface area contributed by atoms with Crippen LogP contribution >= 0.6 is 23.6 Å². The van der Waals surface area contributed by atoms with Crippen molar-refractivity contribution in [1.82, 2.24) is 14.1 Å². The molecule has 4 aromatic rings. The van der Waals surface area contributed by atoms with Crippen molar-refractivity contribution in [3.8, 4) is 6.07 Å². The van der Waals surface area contributed by atoms with Crippen LogP contribution in [-0.4, -0.2) is 14.1 Å². The van der Waals surface area contributed by atoms with Crippen LogP contribution in [-0.2, 0) is 19.5 Å². The summed E-state index contributed by atoms with van der Waals surface area (Å²) in [6.07, 6.45) is 0.721. The Balaban J connectivity index is 1.86. The summed E-state index contributed by atoms with van der Waals surface area (Å²) in [5.41, 5.74) is 2.61. The Labute approximate surface area is 177 Å². The molecule has 0 aliphatic heterocycles. The lowest BCUT2D eigenvalue weighted by Gasteiger charge is -2.12. The van der Waals surface area contributed by atoms with Gasteiger partial charge in [0.05, 0.1) is 19.2 Å². The average molecular weight is 419 g/mol. The molecule has 7 heteroatoms. The van der Waals surface area contributed by atoms with E-state index in [-0.39, 0.29) is 5.56 Å². The molecule has 0 N–H and O–H groups in total. The van der Waals surface area contributed by atoms with E-state index in [0.29, 0.717) is 46.1 Å². The SMILES string of the molecule is N#CCCc1nc2c(sc(=S)n2Cc2ccccc2)c(=O)n1Cc1ccccc1. The summed E-state index contributed by atoms with van der Waals surface area (Å²) < 4.78 is 4.77. The summed E-state index contributed by atoms with van der Waals surface area (Å²) >= 11 is 6.86. The first kappa shape index (κ1) is 19.2. The van der Waals surface area contributed by atoms with E-state index in [0.717, 1.165) is 11.1 Å². The van der Waals surface area contributed by atoms with Gasteiger partial charge in [-0.15, -0.1) is 0 Å². The van der Waals surface area contributed by atoms with E-state index in [2.05, 4.69) is 6.07 Å². The third-order valence-electron chi connectivity index (χ3n) is 4.68. The van der Waals surface area contributed by atoms with Crippen LogP contribution in [0.3, 0.4) is 0 Å². The van der Waals surface area contributed by atoms with E-state index in [1.807, 2.05) is 65.2 Å². The molecule has 0 aliphatic rings. The van der Waals surface area contributed by atoms with Crippen molar-refractivity contribution in [2.45, 2.75) is 25.9 Å². The number of nitriles is 1. The normalized spacial score (nSPS) is 10.9. The second kappa shape index (κ2) is 8.52. The van der Waals surface area contributed by atoms with E-state index in [4.69, 9.17) is 22.5 Å². The predicted molar refractivity (Wildman–Crippen MR) is 118 cm³/mol. The minimum Gasteiger partial charge on any atom is -0.303 e. The van der Waals surface area contributed by atoms with Gasteiger partial charge in [0.1, 0.15) is 10.5 Å². The fourth-order valence-electron chi connectivity index (χ4n) is 3.26. The highest BCUT2D eigenvalue weighted by Gasteiger charge is 2.17. The Kier molecular flexibility index (Phi) is 5.65. The average Bonchev–Trinajstić information content (AvgIpc) is 3.06. The molecule has 0 saturated carbocycles. The summed E-state index contributed by atoms with van der Waals surface area (Å²) in [5.74, 6) is 0.613. The van der Waals surface area contributed by atoms with E-state index in [9.17, 15) is 4.79 Å². The van der Waals surface area contributed by atoms with Gasteiger partial charge in [0, 0.05) is 12.8 Å². The second-order valence-corrected chi connectivity index (χ2v) is 8.30. The topological polar surface area (TPSA) is 63.6 Å². The zero-order valence-corrected chi connectivity index (χ0v) is 17.2. The van der Waals surface area contributed by atoms with E-state index in [1.54, 1.807) is 4.57 Å². The first-order valence-corrected chi connectivity index (χ1v) is 10.5. The number of hydrogen-bond acceptors (Lipinski definition) is 5. The van der Waals surface area contributed by atoms with Crippen LogP contribution in [0.4, 0.5) is 0 Å². The number of fused-ring (bicyclic) bond motifs is 1. The maximum atomic E-state index is 13.3. The van der Waals surface area contributed by atoms with Gasteiger partial charge >= 0.3 is 0 Å². The van der Waals surface area contributed by atoms with Crippen molar-refractivity contribution in [2.75, 3.05) is 0 Å². The van der Waals surface area contributed by atoms with Gasteiger partial charge in [-0.3, -0.25) is 9.36 Å². The summed E-state index contributed by atoms with van der Waals surface area (Å²) in [6, 6.07) is 21.9. The molecule has 0 unspecified atom stereocenters. The number of aryl methyl sites for hydroxylation is 1. The summed E-state index contributed by atoms with van der Waals surface area (Å²) in [7, 11) is 0. The van der Waals surface area contributed by atoms with Crippen molar-refractivity contribution in [1.29, 1.82) is 5.26 Å². The molecule has 2 aromatic carbocycles. The molecular formula is C22H18N4OS2. The first-order chi connectivity index (χ1) is 14.2. The largest absolute Gasteiger partial charge is 0.303 e. The highest BCUT2D eigenvalue weighted by molar-refractivity contribution is 7.73. The Bertz CT molecular complexity index is 1300. The molecular weight excluding hydrogens is 400 g/mol. The molecule has 0 spiro atoms. The molecule has 0 atom stereocenters. The van der Waals surface area contributed by atoms with Crippen molar-refractivity contribution >= 4 is 33.9 Å². The molecule has 0 saturated heterocycles. The number of rotatable bonds is 6. The molecule has 0 bridgehead atoms. The third kappa shape index (κ3) is 4.04. The standard InChI is InChI=1S/C22H18N4OS2/c23-13-7-12-18-24-20-19(21(27)25(18)14-16-8-3-1-4-9-16)29-22(28)26(20)15-17-10-5-2-6-11-17/h1-6,8-11H,7,12,14-15H2. The van der Waals surface area contributed by atoms with Crippen LogP contribution < -0.4 is 5.56 Å². The maximum Gasteiger partial charge on any atom is 0.273 e.